The quantitative estimate of drug-likeness (QED) is 0.675. The van der Waals surface area contributed by atoms with Crippen LogP contribution in [0.2, 0.25) is 0 Å². The van der Waals surface area contributed by atoms with Crippen LogP contribution in [0.1, 0.15) is 29.0 Å². The third-order valence-corrected chi connectivity index (χ3v) is 4.72. The predicted octanol–water partition coefficient (Wildman–Crippen LogP) is 2.43. The van der Waals surface area contributed by atoms with E-state index in [1.54, 1.807) is 10.9 Å². The summed E-state index contributed by atoms with van der Waals surface area (Å²) in [5, 5.41) is 12.3. The molecule has 1 fully saturated rings. The summed E-state index contributed by atoms with van der Waals surface area (Å²) in [6, 6.07) is 9.69. The van der Waals surface area contributed by atoms with Gasteiger partial charge in [-0.15, -0.1) is 29.9 Å². The van der Waals surface area contributed by atoms with Gasteiger partial charge in [-0.05, 0) is 49.9 Å². The fourth-order valence-electron chi connectivity index (χ4n) is 3.14. The Hall–Kier alpha value is -2.22. The largest absolute Gasteiger partial charge is 0.346 e. The summed E-state index contributed by atoms with van der Waals surface area (Å²) < 4.78 is 1.69. The van der Waals surface area contributed by atoms with E-state index in [4.69, 9.17) is 5.73 Å². The summed E-state index contributed by atoms with van der Waals surface area (Å²) in [4.78, 5) is 16.9. The average molecular weight is 409 g/mol. The maximum Gasteiger partial charge on any atom is 0.274 e. The lowest BCUT2D eigenvalue weighted by Gasteiger charge is -2.15. The second-order valence-electron chi connectivity index (χ2n) is 6.44. The summed E-state index contributed by atoms with van der Waals surface area (Å²) >= 11 is 0. The zero-order valence-electron chi connectivity index (χ0n) is 14.8. The molecule has 3 N–H and O–H groups in total. The van der Waals surface area contributed by atoms with Crippen molar-refractivity contribution in [3.05, 3.63) is 47.9 Å². The van der Waals surface area contributed by atoms with Gasteiger partial charge in [0.2, 0.25) is 0 Å². The Balaban J connectivity index is 0.00000131. The lowest BCUT2D eigenvalue weighted by molar-refractivity contribution is 0.0927. The molecule has 1 unspecified atom stereocenters. The van der Waals surface area contributed by atoms with Gasteiger partial charge < -0.3 is 11.1 Å². The molecular formula is C18H22Cl2N6O. The van der Waals surface area contributed by atoms with E-state index < -0.39 is 0 Å². The van der Waals surface area contributed by atoms with Crippen molar-refractivity contribution in [1.82, 2.24) is 25.3 Å². The topological polar surface area (TPSA) is 98.7 Å². The normalized spacial score (nSPS) is 14.1. The van der Waals surface area contributed by atoms with E-state index in [9.17, 15) is 4.79 Å². The summed E-state index contributed by atoms with van der Waals surface area (Å²) in [6.07, 6.45) is 4.00. The monoisotopic (exact) mass is 408 g/mol. The summed E-state index contributed by atoms with van der Waals surface area (Å²) in [5.74, 6) is 0.276. The second kappa shape index (κ2) is 8.65. The van der Waals surface area contributed by atoms with Crippen molar-refractivity contribution in [3.8, 4) is 5.69 Å². The smallest absolute Gasteiger partial charge is 0.274 e. The van der Waals surface area contributed by atoms with Gasteiger partial charge in [-0.1, -0.05) is 11.3 Å². The first-order valence-electron chi connectivity index (χ1n) is 8.46. The van der Waals surface area contributed by atoms with E-state index in [0.29, 0.717) is 23.9 Å². The molecule has 2 aromatic heterocycles. The molecule has 0 bridgehead atoms. The highest BCUT2D eigenvalue weighted by Crippen LogP contribution is 2.32. The van der Waals surface area contributed by atoms with Crippen LogP contribution < -0.4 is 11.1 Å². The zero-order valence-corrected chi connectivity index (χ0v) is 16.5. The van der Waals surface area contributed by atoms with Gasteiger partial charge in [0, 0.05) is 24.2 Å². The molecule has 0 aliphatic heterocycles. The third kappa shape index (κ3) is 4.05. The van der Waals surface area contributed by atoms with Gasteiger partial charge in [0.25, 0.3) is 5.91 Å². The van der Waals surface area contributed by atoms with Crippen molar-refractivity contribution in [2.24, 2.45) is 11.7 Å². The summed E-state index contributed by atoms with van der Waals surface area (Å²) in [7, 11) is 0. The van der Waals surface area contributed by atoms with Crippen molar-refractivity contribution < 1.29 is 4.79 Å². The first-order chi connectivity index (χ1) is 12.2. The number of benzene rings is 1. The number of nitrogens with zero attached hydrogens (tertiary/aromatic N) is 4. The van der Waals surface area contributed by atoms with Crippen LogP contribution in [0.5, 0.6) is 0 Å². The number of halogens is 2. The van der Waals surface area contributed by atoms with Gasteiger partial charge in [-0.25, -0.2) is 4.68 Å². The van der Waals surface area contributed by atoms with Crippen molar-refractivity contribution in [3.63, 3.8) is 0 Å². The SMILES string of the molecule is Cc1c(C(=O)NC(CN)C2CC2)nnn1-c1cccc2ncccc12.Cl.Cl. The molecule has 1 aliphatic rings. The number of hydrogen-bond donors (Lipinski definition) is 2. The number of nitrogens with one attached hydrogen (secondary N) is 1. The third-order valence-electron chi connectivity index (χ3n) is 4.72. The van der Waals surface area contributed by atoms with E-state index in [2.05, 4.69) is 20.6 Å². The highest BCUT2D eigenvalue weighted by atomic mass is 35.5. The Morgan fingerprint density at radius 2 is 2.07 bits per heavy atom. The number of nitrogens with two attached hydrogens (primary N) is 1. The lowest BCUT2D eigenvalue weighted by atomic mass is 10.1. The summed E-state index contributed by atoms with van der Waals surface area (Å²) in [5.41, 5.74) is 8.53. The highest BCUT2D eigenvalue weighted by molar-refractivity contribution is 5.94. The van der Waals surface area contributed by atoms with Crippen molar-refractivity contribution in [2.45, 2.75) is 25.8 Å². The Bertz CT molecular complexity index is 935. The maximum atomic E-state index is 12.6. The van der Waals surface area contributed by atoms with Gasteiger partial charge in [0.05, 0.1) is 16.9 Å². The van der Waals surface area contributed by atoms with Gasteiger partial charge >= 0.3 is 0 Å². The Labute approximate surface area is 169 Å². The number of pyridine rings is 1. The van der Waals surface area contributed by atoms with Gasteiger partial charge in [0.1, 0.15) is 0 Å². The van der Waals surface area contributed by atoms with E-state index in [0.717, 1.165) is 29.4 Å². The molecule has 1 aliphatic carbocycles. The van der Waals surface area contributed by atoms with Crippen LogP contribution in [0.25, 0.3) is 16.6 Å². The van der Waals surface area contributed by atoms with Crippen molar-refractivity contribution in [1.29, 1.82) is 0 Å². The molecule has 4 rings (SSSR count). The number of amides is 1. The minimum atomic E-state index is -0.218. The molecular weight excluding hydrogens is 387 g/mol. The molecule has 1 aromatic carbocycles. The number of aromatic nitrogens is 4. The zero-order chi connectivity index (χ0) is 17.4. The molecule has 27 heavy (non-hydrogen) atoms. The molecule has 1 saturated carbocycles. The van der Waals surface area contributed by atoms with Crippen LogP contribution in [0, 0.1) is 12.8 Å². The molecule has 1 amide bonds. The first kappa shape index (κ1) is 21.1. The van der Waals surface area contributed by atoms with Crippen LogP contribution in [0.3, 0.4) is 0 Å². The average Bonchev–Trinajstić information content (AvgIpc) is 3.41. The molecule has 1 atom stereocenters. The first-order valence-corrected chi connectivity index (χ1v) is 8.46. The molecule has 144 valence electrons. The standard InChI is InChI=1S/C18H20N6O.2ClH/c1-11-17(18(25)21-15(10-19)12-7-8-12)22-23-24(11)16-6-2-5-14-13(16)4-3-9-20-14;;/h2-6,9,12,15H,7-8,10,19H2,1H3,(H,21,25);2*1H. The molecule has 0 radical (unpaired) electrons. The Morgan fingerprint density at radius 1 is 1.30 bits per heavy atom. The number of carbonyl (C=O) groups excluding carboxylic acids is 1. The van der Waals surface area contributed by atoms with Gasteiger partial charge in [0.15, 0.2) is 5.69 Å². The van der Waals surface area contributed by atoms with Crippen LogP contribution in [-0.4, -0.2) is 38.5 Å². The van der Waals surface area contributed by atoms with Crippen LogP contribution >= 0.6 is 24.8 Å². The van der Waals surface area contributed by atoms with E-state index in [1.807, 2.05) is 37.3 Å². The fraction of sp³-hybridized carbons (Fsp3) is 0.333. The molecule has 0 spiro atoms. The number of hydrogen-bond acceptors (Lipinski definition) is 5. The highest BCUT2D eigenvalue weighted by Gasteiger charge is 2.32. The molecule has 3 aromatic rings. The Kier molecular flexibility index (Phi) is 6.75. The molecule has 2 heterocycles. The van der Waals surface area contributed by atoms with Crippen molar-refractivity contribution in [2.75, 3.05) is 6.54 Å². The lowest BCUT2D eigenvalue weighted by Crippen LogP contribution is -2.42. The molecule has 7 nitrogen and oxygen atoms in total. The molecule has 0 saturated heterocycles. The van der Waals surface area contributed by atoms with Crippen molar-refractivity contribution >= 4 is 41.6 Å². The minimum Gasteiger partial charge on any atom is -0.346 e. The predicted molar refractivity (Wildman–Crippen MR) is 109 cm³/mol. The van der Waals surface area contributed by atoms with Crippen LogP contribution in [0.15, 0.2) is 36.5 Å². The number of rotatable bonds is 5. The number of fused-ring (bicyclic) bond motifs is 1. The van der Waals surface area contributed by atoms with Gasteiger partial charge in [-0.3, -0.25) is 9.78 Å². The van der Waals surface area contributed by atoms with Crippen LogP contribution in [-0.2, 0) is 0 Å². The minimum absolute atomic E-state index is 0. The summed E-state index contributed by atoms with van der Waals surface area (Å²) in [6.45, 7) is 2.29. The maximum absolute atomic E-state index is 12.6. The second-order valence-corrected chi connectivity index (χ2v) is 6.44. The Morgan fingerprint density at radius 3 is 2.78 bits per heavy atom. The van der Waals surface area contributed by atoms with E-state index >= 15 is 0 Å². The fourth-order valence-corrected chi connectivity index (χ4v) is 3.14. The molecule has 9 heteroatoms. The van der Waals surface area contributed by atoms with Crippen LogP contribution in [0.4, 0.5) is 0 Å². The number of carbonyl (C=O) groups is 1. The van der Waals surface area contributed by atoms with E-state index in [-0.39, 0.29) is 36.8 Å². The van der Waals surface area contributed by atoms with Gasteiger partial charge in [-0.2, -0.15) is 0 Å². The van der Waals surface area contributed by atoms with E-state index in [1.165, 1.54) is 0 Å².